The van der Waals surface area contributed by atoms with Gasteiger partial charge in [0.2, 0.25) is 0 Å². The van der Waals surface area contributed by atoms with Crippen molar-refractivity contribution in [3.05, 3.63) is 29.3 Å². The second-order valence-electron chi connectivity index (χ2n) is 4.19. The van der Waals surface area contributed by atoms with Crippen LogP contribution >= 0.6 is 0 Å². The van der Waals surface area contributed by atoms with Crippen LogP contribution in [0.1, 0.15) is 24.0 Å². The number of carbonyl (C=O) groups excluding carboxylic acids is 1. The van der Waals surface area contributed by atoms with Crippen LogP contribution in [0.4, 0.5) is 13.2 Å². The number of methoxy groups -OCH3 is 1. The van der Waals surface area contributed by atoms with E-state index in [-0.39, 0.29) is 5.75 Å². The first-order valence-electron chi connectivity index (χ1n) is 5.15. The third kappa shape index (κ3) is 2.01. The molecule has 0 radical (unpaired) electrons. The second-order valence-corrected chi connectivity index (χ2v) is 4.19. The molecular formula is C12H11F3O2. The molecule has 0 heterocycles. The Morgan fingerprint density at radius 1 is 1.35 bits per heavy atom. The fourth-order valence-electron chi connectivity index (χ4n) is 1.84. The number of carbonyl (C=O) groups is 1. The zero-order chi connectivity index (χ0) is 12.7. The third-order valence-corrected chi connectivity index (χ3v) is 3.10. The lowest BCUT2D eigenvalue weighted by Crippen LogP contribution is -2.12. The van der Waals surface area contributed by atoms with E-state index in [0.717, 1.165) is 12.4 Å². The zero-order valence-corrected chi connectivity index (χ0v) is 9.17. The monoisotopic (exact) mass is 244 g/mol. The SMILES string of the molecule is COc1cc(C2(C=O)CC2)ccc1C(F)(F)F. The van der Waals surface area contributed by atoms with E-state index in [1.807, 2.05) is 0 Å². The van der Waals surface area contributed by atoms with Crippen molar-refractivity contribution in [1.29, 1.82) is 0 Å². The maximum Gasteiger partial charge on any atom is 0.419 e. The van der Waals surface area contributed by atoms with Crippen LogP contribution in [0, 0.1) is 0 Å². The number of rotatable bonds is 3. The predicted molar refractivity (Wildman–Crippen MR) is 55.0 cm³/mol. The lowest BCUT2D eigenvalue weighted by molar-refractivity contribution is -0.138. The van der Waals surface area contributed by atoms with E-state index in [9.17, 15) is 18.0 Å². The summed E-state index contributed by atoms with van der Waals surface area (Å²) in [6.45, 7) is 0. The van der Waals surface area contributed by atoms with Crippen LogP contribution in [0.5, 0.6) is 5.75 Å². The summed E-state index contributed by atoms with van der Waals surface area (Å²) >= 11 is 0. The lowest BCUT2D eigenvalue weighted by atomic mass is 9.96. The normalized spacial score (nSPS) is 17.6. The Morgan fingerprint density at radius 3 is 2.41 bits per heavy atom. The maximum atomic E-state index is 12.6. The van der Waals surface area contributed by atoms with Gasteiger partial charge in [-0.2, -0.15) is 13.2 Å². The van der Waals surface area contributed by atoms with Crippen LogP contribution in [0.25, 0.3) is 0 Å². The van der Waals surface area contributed by atoms with Gasteiger partial charge in [-0.05, 0) is 30.5 Å². The minimum Gasteiger partial charge on any atom is -0.496 e. The summed E-state index contributed by atoms with van der Waals surface area (Å²) in [5.41, 5.74) is -0.806. The smallest absolute Gasteiger partial charge is 0.419 e. The second kappa shape index (κ2) is 3.75. The van der Waals surface area contributed by atoms with E-state index in [1.54, 1.807) is 0 Å². The molecule has 0 spiro atoms. The molecule has 1 aromatic rings. The standard InChI is InChI=1S/C12H11F3O2/c1-17-10-6-8(11(7-16)4-5-11)2-3-9(10)12(13,14)15/h2-3,6-7H,4-5H2,1H3. The van der Waals surface area contributed by atoms with Crippen molar-refractivity contribution >= 4 is 6.29 Å². The number of benzene rings is 1. The van der Waals surface area contributed by atoms with Gasteiger partial charge in [-0.3, -0.25) is 0 Å². The van der Waals surface area contributed by atoms with Gasteiger partial charge in [-0.25, -0.2) is 0 Å². The molecule has 1 fully saturated rings. The van der Waals surface area contributed by atoms with E-state index in [0.29, 0.717) is 18.4 Å². The van der Waals surface area contributed by atoms with Gasteiger partial charge < -0.3 is 9.53 Å². The van der Waals surface area contributed by atoms with E-state index in [1.165, 1.54) is 19.2 Å². The molecule has 2 rings (SSSR count). The summed E-state index contributed by atoms with van der Waals surface area (Å²) in [5.74, 6) is -0.233. The van der Waals surface area contributed by atoms with Crippen LogP contribution in [-0.4, -0.2) is 13.4 Å². The van der Waals surface area contributed by atoms with Gasteiger partial charge in [0.05, 0.1) is 18.1 Å². The fraction of sp³-hybridized carbons (Fsp3) is 0.417. The fourth-order valence-corrected chi connectivity index (χ4v) is 1.84. The average Bonchev–Trinajstić information content (AvgIpc) is 3.08. The number of hydrogen-bond donors (Lipinski definition) is 0. The highest BCUT2D eigenvalue weighted by Gasteiger charge is 2.45. The molecule has 0 saturated heterocycles. The Kier molecular flexibility index (Phi) is 2.64. The van der Waals surface area contributed by atoms with Crippen molar-refractivity contribution in [2.24, 2.45) is 0 Å². The topological polar surface area (TPSA) is 26.3 Å². The number of ether oxygens (including phenoxy) is 1. The highest BCUT2D eigenvalue weighted by atomic mass is 19.4. The summed E-state index contributed by atoms with van der Waals surface area (Å²) in [4.78, 5) is 10.9. The number of alkyl halides is 3. The van der Waals surface area contributed by atoms with Crippen molar-refractivity contribution < 1.29 is 22.7 Å². The van der Waals surface area contributed by atoms with Crippen LogP contribution in [0.3, 0.4) is 0 Å². The Hall–Kier alpha value is -1.52. The highest BCUT2D eigenvalue weighted by molar-refractivity contribution is 5.73. The number of hydrogen-bond acceptors (Lipinski definition) is 2. The van der Waals surface area contributed by atoms with Crippen molar-refractivity contribution in [1.82, 2.24) is 0 Å². The molecule has 92 valence electrons. The molecular weight excluding hydrogens is 233 g/mol. The van der Waals surface area contributed by atoms with E-state index < -0.39 is 17.2 Å². The number of aldehydes is 1. The Labute approximate surface area is 96.4 Å². The van der Waals surface area contributed by atoms with Crippen LogP contribution in [0.2, 0.25) is 0 Å². The summed E-state index contributed by atoms with van der Waals surface area (Å²) in [6.07, 6.45) is -2.27. The van der Waals surface area contributed by atoms with Gasteiger partial charge in [0, 0.05) is 0 Å². The summed E-state index contributed by atoms with van der Waals surface area (Å²) < 4.78 is 42.6. The molecule has 0 amide bonds. The minimum absolute atomic E-state index is 0.233. The van der Waals surface area contributed by atoms with E-state index in [2.05, 4.69) is 0 Å². The van der Waals surface area contributed by atoms with Crippen LogP contribution in [0.15, 0.2) is 18.2 Å². The molecule has 5 heteroatoms. The first-order chi connectivity index (χ1) is 7.93. The first kappa shape index (κ1) is 12.0. The van der Waals surface area contributed by atoms with Crippen LogP contribution < -0.4 is 4.74 Å². The number of halogens is 3. The van der Waals surface area contributed by atoms with Crippen molar-refractivity contribution in [3.8, 4) is 5.75 Å². The molecule has 0 bridgehead atoms. The van der Waals surface area contributed by atoms with Crippen molar-refractivity contribution in [2.75, 3.05) is 7.11 Å². The zero-order valence-electron chi connectivity index (χ0n) is 9.17. The molecule has 0 aliphatic heterocycles. The Bertz CT molecular complexity index is 448. The third-order valence-electron chi connectivity index (χ3n) is 3.10. The molecule has 1 saturated carbocycles. The van der Waals surface area contributed by atoms with Crippen molar-refractivity contribution in [2.45, 2.75) is 24.4 Å². The molecule has 1 aromatic carbocycles. The molecule has 0 atom stereocenters. The molecule has 2 nitrogen and oxygen atoms in total. The van der Waals surface area contributed by atoms with Gasteiger partial charge in [0.15, 0.2) is 0 Å². The van der Waals surface area contributed by atoms with Gasteiger partial charge in [0.25, 0.3) is 0 Å². The van der Waals surface area contributed by atoms with Crippen molar-refractivity contribution in [3.63, 3.8) is 0 Å². The van der Waals surface area contributed by atoms with Gasteiger partial charge in [-0.15, -0.1) is 0 Å². The molecule has 0 unspecified atom stereocenters. The summed E-state index contributed by atoms with van der Waals surface area (Å²) in [5, 5.41) is 0. The largest absolute Gasteiger partial charge is 0.496 e. The molecule has 17 heavy (non-hydrogen) atoms. The summed E-state index contributed by atoms with van der Waals surface area (Å²) in [7, 11) is 1.19. The maximum absolute atomic E-state index is 12.6. The van der Waals surface area contributed by atoms with Crippen LogP contribution in [-0.2, 0) is 16.4 Å². The van der Waals surface area contributed by atoms with E-state index in [4.69, 9.17) is 4.74 Å². The molecule has 1 aliphatic carbocycles. The van der Waals surface area contributed by atoms with Gasteiger partial charge in [0.1, 0.15) is 12.0 Å². The highest BCUT2D eigenvalue weighted by Crippen LogP contribution is 2.48. The quantitative estimate of drug-likeness (QED) is 0.764. The summed E-state index contributed by atoms with van der Waals surface area (Å²) in [6, 6.07) is 3.63. The molecule has 0 N–H and O–H groups in total. The van der Waals surface area contributed by atoms with Gasteiger partial charge >= 0.3 is 6.18 Å². The van der Waals surface area contributed by atoms with Gasteiger partial charge in [-0.1, -0.05) is 6.07 Å². The average molecular weight is 244 g/mol. The molecule has 1 aliphatic rings. The minimum atomic E-state index is -4.44. The Balaban J connectivity index is 2.45. The lowest BCUT2D eigenvalue weighted by Gasteiger charge is -2.15. The Morgan fingerprint density at radius 2 is 2.00 bits per heavy atom. The van der Waals surface area contributed by atoms with E-state index >= 15 is 0 Å². The first-order valence-corrected chi connectivity index (χ1v) is 5.15. The molecule has 0 aromatic heterocycles. The predicted octanol–water partition coefficient (Wildman–Crippen LogP) is 2.94.